The highest BCUT2D eigenvalue weighted by Gasteiger charge is 2.17. The molecule has 0 unspecified atom stereocenters. The summed E-state index contributed by atoms with van der Waals surface area (Å²) in [4.78, 5) is 15.4. The van der Waals surface area contributed by atoms with Crippen LogP contribution in [0, 0.1) is 6.92 Å². The summed E-state index contributed by atoms with van der Waals surface area (Å²) in [5.41, 5.74) is 2.54. The molecule has 0 atom stereocenters. The topological polar surface area (TPSA) is 80.4 Å². The van der Waals surface area contributed by atoms with Gasteiger partial charge in [-0.25, -0.2) is 9.78 Å². The fourth-order valence-corrected chi connectivity index (χ4v) is 1.86. The number of benzene rings is 1. The number of aromatic carboxylic acids is 1. The highest BCUT2D eigenvalue weighted by molar-refractivity contribution is 5.88. The van der Waals surface area contributed by atoms with E-state index in [0.29, 0.717) is 16.9 Å². The lowest BCUT2D eigenvalue weighted by atomic mass is 10.3. The van der Waals surface area contributed by atoms with Crippen molar-refractivity contribution in [1.82, 2.24) is 19.6 Å². The van der Waals surface area contributed by atoms with E-state index in [2.05, 4.69) is 15.2 Å². The Bertz CT molecular complexity index is 748. The van der Waals surface area contributed by atoms with E-state index in [9.17, 15) is 4.79 Å². The molecule has 1 N–H and O–H groups in total. The van der Waals surface area contributed by atoms with Gasteiger partial charge in [0.25, 0.3) is 0 Å². The van der Waals surface area contributed by atoms with Crippen molar-refractivity contribution in [3.05, 3.63) is 35.8 Å². The van der Waals surface area contributed by atoms with Gasteiger partial charge in [-0.3, -0.25) is 4.40 Å². The van der Waals surface area contributed by atoms with Crippen molar-refractivity contribution in [2.24, 2.45) is 0 Å². The number of aryl methyl sites for hydroxylation is 1. The average molecular weight is 228 g/mol. The molecule has 0 radical (unpaired) electrons. The normalized spacial score (nSPS) is 11.1. The minimum absolute atomic E-state index is 0.0956. The molecule has 6 heteroatoms. The maximum Gasteiger partial charge on any atom is 0.374 e. The molecule has 3 aromatic rings. The van der Waals surface area contributed by atoms with Crippen LogP contribution >= 0.6 is 0 Å². The second-order valence-corrected chi connectivity index (χ2v) is 3.67. The van der Waals surface area contributed by atoms with E-state index >= 15 is 0 Å². The number of aromatic nitrogens is 4. The molecule has 84 valence electrons. The first kappa shape index (κ1) is 9.71. The molecule has 0 fully saturated rings. The lowest BCUT2D eigenvalue weighted by molar-refractivity contribution is 0.0682. The van der Waals surface area contributed by atoms with Crippen molar-refractivity contribution in [2.75, 3.05) is 0 Å². The average Bonchev–Trinajstić information content (AvgIpc) is 2.74. The van der Waals surface area contributed by atoms with E-state index in [1.54, 1.807) is 13.0 Å². The predicted octanol–water partition coefficient (Wildman–Crippen LogP) is 1.28. The fraction of sp³-hybridized carbons (Fsp3) is 0.0909. The van der Waals surface area contributed by atoms with Gasteiger partial charge in [0.05, 0.1) is 16.7 Å². The van der Waals surface area contributed by atoms with Gasteiger partial charge in [-0.05, 0) is 19.1 Å². The SMILES string of the molecule is Cc1nc2ccccc2n2c(C(=O)O)nnc12. The van der Waals surface area contributed by atoms with Crippen LogP contribution in [0.3, 0.4) is 0 Å². The molecule has 1 aromatic carbocycles. The molecule has 0 aliphatic rings. The van der Waals surface area contributed by atoms with Crippen LogP contribution in [0.4, 0.5) is 0 Å². The van der Waals surface area contributed by atoms with Crippen LogP contribution in [0.1, 0.15) is 16.3 Å². The molecule has 6 nitrogen and oxygen atoms in total. The molecule has 0 saturated carbocycles. The van der Waals surface area contributed by atoms with Crippen LogP contribution in [0.25, 0.3) is 16.7 Å². The quantitative estimate of drug-likeness (QED) is 0.678. The number of hydrogen-bond acceptors (Lipinski definition) is 4. The molecule has 0 saturated heterocycles. The van der Waals surface area contributed by atoms with Crippen LogP contribution in [0.5, 0.6) is 0 Å². The second-order valence-electron chi connectivity index (χ2n) is 3.67. The van der Waals surface area contributed by atoms with Crippen LogP contribution < -0.4 is 0 Å². The number of para-hydroxylation sites is 2. The summed E-state index contributed by atoms with van der Waals surface area (Å²) in [5.74, 6) is -1.20. The van der Waals surface area contributed by atoms with Crippen molar-refractivity contribution >= 4 is 22.6 Å². The second kappa shape index (κ2) is 3.24. The van der Waals surface area contributed by atoms with Gasteiger partial charge in [0.1, 0.15) is 0 Å². The molecule has 0 aliphatic carbocycles. The van der Waals surface area contributed by atoms with E-state index < -0.39 is 5.97 Å². The van der Waals surface area contributed by atoms with Crippen molar-refractivity contribution < 1.29 is 9.90 Å². The Morgan fingerprint density at radius 3 is 2.82 bits per heavy atom. The summed E-state index contributed by atoms with van der Waals surface area (Å²) in [5, 5.41) is 16.6. The zero-order valence-electron chi connectivity index (χ0n) is 8.95. The first-order chi connectivity index (χ1) is 8.18. The van der Waals surface area contributed by atoms with Gasteiger partial charge >= 0.3 is 5.97 Å². The molecule has 3 rings (SSSR count). The third-order valence-electron chi connectivity index (χ3n) is 2.59. The Balaban J connectivity index is 2.61. The van der Waals surface area contributed by atoms with Crippen molar-refractivity contribution in [1.29, 1.82) is 0 Å². The van der Waals surface area contributed by atoms with Crippen molar-refractivity contribution in [3.8, 4) is 0 Å². The number of fused-ring (bicyclic) bond motifs is 3. The molecular weight excluding hydrogens is 220 g/mol. The van der Waals surface area contributed by atoms with Gasteiger partial charge in [-0.1, -0.05) is 12.1 Å². The number of carboxylic acids is 1. The first-order valence-electron chi connectivity index (χ1n) is 5.02. The van der Waals surface area contributed by atoms with Crippen LogP contribution in [0.2, 0.25) is 0 Å². The Hall–Kier alpha value is -2.50. The van der Waals surface area contributed by atoms with Crippen molar-refractivity contribution in [3.63, 3.8) is 0 Å². The largest absolute Gasteiger partial charge is 0.475 e. The minimum atomic E-state index is -1.10. The van der Waals surface area contributed by atoms with Crippen molar-refractivity contribution in [2.45, 2.75) is 6.92 Å². The number of carbonyl (C=O) groups is 1. The molecule has 0 spiro atoms. The number of nitrogens with zero attached hydrogens (tertiary/aromatic N) is 4. The molecule has 17 heavy (non-hydrogen) atoms. The highest BCUT2D eigenvalue weighted by atomic mass is 16.4. The zero-order valence-corrected chi connectivity index (χ0v) is 8.95. The molecule has 0 bridgehead atoms. The summed E-state index contributed by atoms with van der Waals surface area (Å²) in [6, 6.07) is 7.30. The summed E-state index contributed by atoms with van der Waals surface area (Å²) in [7, 11) is 0. The predicted molar refractivity (Wildman–Crippen MR) is 60.0 cm³/mol. The van der Waals surface area contributed by atoms with E-state index in [-0.39, 0.29) is 5.82 Å². The van der Waals surface area contributed by atoms with Gasteiger partial charge in [0, 0.05) is 0 Å². The monoisotopic (exact) mass is 228 g/mol. The molecule has 0 amide bonds. The van der Waals surface area contributed by atoms with Gasteiger partial charge < -0.3 is 5.11 Å². The Morgan fingerprint density at radius 1 is 1.29 bits per heavy atom. The summed E-state index contributed by atoms with van der Waals surface area (Å²) < 4.78 is 1.51. The lowest BCUT2D eigenvalue weighted by Crippen LogP contribution is -2.05. The Kier molecular flexibility index (Phi) is 1.85. The Labute approximate surface area is 95.5 Å². The zero-order chi connectivity index (χ0) is 12.0. The smallest absolute Gasteiger partial charge is 0.374 e. The third kappa shape index (κ3) is 1.27. The molecular formula is C11H8N4O2. The van der Waals surface area contributed by atoms with Gasteiger partial charge in [-0.2, -0.15) is 0 Å². The van der Waals surface area contributed by atoms with E-state index in [0.717, 1.165) is 5.52 Å². The summed E-state index contributed by atoms with van der Waals surface area (Å²) in [6.07, 6.45) is 0. The molecule has 0 aliphatic heterocycles. The third-order valence-corrected chi connectivity index (χ3v) is 2.59. The minimum Gasteiger partial charge on any atom is -0.475 e. The van der Waals surface area contributed by atoms with Gasteiger partial charge in [0.2, 0.25) is 5.82 Å². The Morgan fingerprint density at radius 2 is 2.06 bits per heavy atom. The van der Waals surface area contributed by atoms with Gasteiger partial charge in [0.15, 0.2) is 5.65 Å². The maximum absolute atomic E-state index is 11.1. The lowest BCUT2D eigenvalue weighted by Gasteiger charge is -2.03. The van der Waals surface area contributed by atoms with Gasteiger partial charge in [-0.15, -0.1) is 10.2 Å². The maximum atomic E-state index is 11.1. The van der Waals surface area contributed by atoms with Crippen LogP contribution in [-0.2, 0) is 0 Å². The highest BCUT2D eigenvalue weighted by Crippen LogP contribution is 2.17. The molecule has 2 heterocycles. The van der Waals surface area contributed by atoms with Crippen LogP contribution in [0.15, 0.2) is 24.3 Å². The first-order valence-corrected chi connectivity index (χ1v) is 5.02. The van der Waals surface area contributed by atoms with E-state index in [1.165, 1.54) is 4.40 Å². The summed E-state index contributed by atoms with van der Waals surface area (Å²) in [6.45, 7) is 1.78. The van der Waals surface area contributed by atoms with E-state index in [4.69, 9.17) is 5.11 Å². The fourth-order valence-electron chi connectivity index (χ4n) is 1.86. The number of rotatable bonds is 1. The summed E-state index contributed by atoms with van der Waals surface area (Å²) >= 11 is 0. The number of hydrogen-bond donors (Lipinski definition) is 1. The number of carboxylic acid groups (broad SMARTS) is 1. The standard InChI is InChI=1S/C11H8N4O2/c1-6-9-13-14-10(11(16)17)15(9)8-5-3-2-4-7(8)12-6/h2-5H,1H3,(H,16,17). The van der Waals surface area contributed by atoms with Crippen LogP contribution in [-0.4, -0.2) is 30.7 Å². The molecule has 2 aromatic heterocycles. The van der Waals surface area contributed by atoms with E-state index in [1.807, 2.05) is 18.2 Å².